The van der Waals surface area contributed by atoms with Crippen molar-refractivity contribution in [1.29, 1.82) is 5.26 Å². The summed E-state index contributed by atoms with van der Waals surface area (Å²) < 4.78 is 5.37. The molecule has 1 aliphatic heterocycles. The van der Waals surface area contributed by atoms with Gasteiger partial charge in [0, 0.05) is 24.7 Å². The Morgan fingerprint density at radius 2 is 2.47 bits per heavy atom. The third kappa shape index (κ3) is 3.32. The highest BCUT2D eigenvalue weighted by Crippen LogP contribution is 2.18. The zero-order valence-corrected chi connectivity index (χ0v) is 10.4. The fraction of sp³-hybridized carbons (Fsp3) is 0.615. The number of nitrogens with zero attached hydrogens (tertiary/aromatic N) is 2. The van der Waals surface area contributed by atoms with Crippen molar-refractivity contribution < 1.29 is 4.42 Å². The van der Waals surface area contributed by atoms with Crippen LogP contribution in [0.2, 0.25) is 0 Å². The lowest BCUT2D eigenvalue weighted by Crippen LogP contribution is -2.61. The first kappa shape index (κ1) is 12.2. The summed E-state index contributed by atoms with van der Waals surface area (Å²) in [6.07, 6.45) is 2.26. The van der Waals surface area contributed by atoms with Gasteiger partial charge in [0.1, 0.15) is 5.76 Å². The van der Waals surface area contributed by atoms with E-state index in [-0.39, 0.29) is 11.6 Å². The molecule has 1 unspecified atom stereocenters. The topological polar surface area (TPSA) is 52.2 Å². The van der Waals surface area contributed by atoms with Crippen molar-refractivity contribution in [3.63, 3.8) is 0 Å². The maximum atomic E-state index is 8.80. The van der Waals surface area contributed by atoms with Crippen molar-refractivity contribution >= 4 is 0 Å². The predicted octanol–water partition coefficient (Wildman–Crippen LogP) is 1.75. The molecule has 2 rings (SSSR count). The number of piperazine rings is 1. The van der Waals surface area contributed by atoms with E-state index in [4.69, 9.17) is 9.68 Å². The Morgan fingerprint density at radius 1 is 1.65 bits per heavy atom. The molecule has 4 nitrogen and oxygen atoms in total. The van der Waals surface area contributed by atoms with Gasteiger partial charge in [0.05, 0.1) is 25.3 Å². The molecular formula is C13H19N3O. The molecule has 1 fully saturated rings. The van der Waals surface area contributed by atoms with Gasteiger partial charge in [0.15, 0.2) is 0 Å². The van der Waals surface area contributed by atoms with Crippen molar-refractivity contribution in [3.05, 3.63) is 24.2 Å². The van der Waals surface area contributed by atoms with Gasteiger partial charge in [0.2, 0.25) is 0 Å². The van der Waals surface area contributed by atoms with Gasteiger partial charge in [-0.15, -0.1) is 0 Å². The molecule has 1 aromatic rings. The molecule has 1 aliphatic rings. The molecule has 0 spiro atoms. The van der Waals surface area contributed by atoms with Crippen molar-refractivity contribution in [1.82, 2.24) is 10.2 Å². The Labute approximate surface area is 102 Å². The zero-order chi connectivity index (χ0) is 12.3. The van der Waals surface area contributed by atoms with E-state index in [2.05, 4.69) is 30.1 Å². The highest BCUT2D eigenvalue weighted by Gasteiger charge is 2.31. The lowest BCUT2D eigenvalue weighted by atomic mass is 9.97. The van der Waals surface area contributed by atoms with Crippen LogP contribution in [0.5, 0.6) is 0 Å². The molecule has 2 heterocycles. The van der Waals surface area contributed by atoms with E-state index in [1.54, 1.807) is 6.26 Å². The molecule has 0 amide bonds. The zero-order valence-electron chi connectivity index (χ0n) is 10.4. The van der Waals surface area contributed by atoms with Gasteiger partial charge in [-0.2, -0.15) is 5.26 Å². The Balaban J connectivity index is 2.00. The van der Waals surface area contributed by atoms with E-state index in [9.17, 15) is 0 Å². The molecule has 4 heteroatoms. The van der Waals surface area contributed by atoms with Crippen molar-refractivity contribution in [3.8, 4) is 6.07 Å². The largest absolute Gasteiger partial charge is 0.468 e. The Bertz CT molecular complexity index is 391. The van der Waals surface area contributed by atoms with Crippen LogP contribution in [0.25, 0.3) is 0 Å². The molecule has 17 heavy (non-hydrogen) atoms. The average Bonchev–Trinajstić information content (AvgIpc) is 2.68. The Hall–Kier alpha value is -1.31. The van der Waals surface area contributed by atoms with Crippen LogP contribution in [0, 0.1) is 11.3 Å². The summed E-state index contributed by atoms with van der Waals surface area (Å²) in [5.41, 5.74) is 0.0480. The summed E-state index contributed by atoms with van der Waals surface area (Å²) in [7, 11) is 0. The van der Waals surface area contributed by atoms with E-state index in [1.807, 2.05) is 12.1 Å². The van der Waals surface area contributed by atoms with Crippen LogP contribution in [0.4, 0.5) is 0 Å². The first-order valence-electron chi connectivity index (χ1n) is 5.98. The molecule has 0 saturated carbocycles. The van der Waals surface area contributed by atoms with E-state index >= 15 is 0 Å². The van der Waals surface area contributed by atoms with Crippen LogP contribution in [-0.4, -0.2) is 29.6 Å². The lowest BCUT2D eigenvalue weighted by molar-refractivity contribution is 0.106. The average molecular weight is 233 g/mol. The standard InChI is InChI=1S/C13H19N3O/c1-13(2)10-16(8-11(15-13)5-6-14)9-12-4-3-7-17-12/h3-4,7,11,15H,5,8-10H2,1-2H3. The van der Waals surface area contributed by atoms with Crippen molar-refractivity contribution in [2.24, 2.45) is 0 Å². The van der Waals surface area contributed by atoms with Crippen LogP contribution in [0.15, 0.2) is 22.8 Å². The minimum Gasteiger partial charge on any atom is -0.468 e. The third-order valence-electron chi connectivity index (χ3n) is 2.99. The molecule has 1 aromatic heterocycles. The van der Waals surface area contributed by atoms with E-state index < -0.39 is 0 Å². The minimum atomic E-state index is 0.0480. The van der Waals surface area contributed by atoms with Crippen LogP contribution in [-0.2, 0) is 6.54 Å². The van der Waals surface area contributed by atoms with Gasteiger partial charge in [-0.3, -0.25) is 4.90 Å². The van der Waals surface area contributed by atoms with Crippen LogP contribution < -0.4 is 5.32 Å². The molecule has 92 valence electrons. The molecule has 0 aliphatic carbocycles. The van der Waals surface area contributed by atoms with E-state index in [1.165, 1.54) is 0 Å². The van der Waals surface area contributed by atoms with E-state index in [0.29, 0.717) is 6.42 Å². The SMILES string of the molecule is CC1(C)CN(Cc2ccco2)CC(CC#N)N1. The Morgan fingerprint density at radius 3 is 3.12 bits per heavy atom. The van der Waals surface area contributed by atoms with Gasteiger partial charge in [-0.25, -0.2) is 0 Å². The van der Waals surface area contributed by atoms with Gasteiger partial charge in [0.25, 0.3) is 0 Å². The molecule has 1 atom stereocenters. The summed E-state index contributed by atoms with van der Waals surface area (Å²) in [5.74, 6) is 0.985. The number of furan rings is 1. The fourth-order valence-corrected chi connectivity index (χ4v) is 2.55. The van der Waals surface area contributed by atoms with Gasteiger partial charge < -0.3 is 9.73 Å². The molecule has 0 bridgehead atoms. The fourth-order valence-electron chi connectivity index (χ4n) is 2.55. The first-order chi connectivity index (χ1) is 8.09. The maximum Gasteiger partial charge on any atom is 0.117 e. The summed E-state index contributed by atoms with van der Waals surface area (Å²) in [4.78, 5) is 2.34. The van der Waals surface area contributed by atoms with Gasteiger partial charge in [-0.05, 0) is 26.0 Å². The summed E-state index contributed by atoms with van der Waals surface area (Å²) in [6, 6.07) is 6.40. The molecule has 0 radical (unpaired) electrons. The number of hydrogen-bond donors (Lipinski definition) is 1. The second-order valence-electron chi connectivity index (χ2n) is 5.34. The Kier molecular flexibility index (Phi) is 3.51. The molecule has 1 N–H and O–H groups in total. The highest BCUT2D eigenvalue weighted by atomic mass is 16.3. The number of nitriles is 1. The first-order valence-corrected chi connectivity index (χ1v) is 5.98. The van der Waals surface area contributed by atoms with Crippen LogP contribution >= 0.6 is 0 Å². The number of rotatable bonds is 3. The predicted molar refractivity (Wildman–Crippen MR) is 65.2 cm³/mol. The van der Waals surface area contributed by atoms with Crippen molar-refractivity contribution in [2.45, 2.75) is 38.4 Å². The third-order valence-corrected chi connectivity index (χ3v) is 2.99. The van der Waals surface area contributed by atoms with Crippen LogP contribution in [0.1, 0.15) is 26.0 Å². The van der Waals surface area contributed by atoms with E-state index in [0.717, 1.165) is 25.4 Å². The van der Waals surface area contributed by atoms with Gasteiger partial charge in [-0.1, -0.05) is 0 Å². The highest BCUT2D eigenvalue weighted by molar-refractivity contribution is 5.01. The quantitative estimate of drug-likeness (QED) is 0.864. The summed E-state index contributed by atoms with van der Waals surface area (Å²) in [5, 5.41) is 12.3. The summed E-state index contributed by atoms with van der Waals surface area (Å²) >= 11 is 0. The molecule has 1 saturated heterocycles. The van der Waals surface area contributed by atoms with Crippen molar-refractivity contribution in [2.75, 3.05) is 13.1 Å². The minimum absolute atomic E-state index is 0.0480. The second kappa shape index (κ2) is 4.91. The maximum absolute atomic E-state index is 8.80. The molecule has 0 aromatic carbocycles. The van der Waals surface area contributed by atoms with Gasteiger partial charge >= 0.3 is 0 Å². The smallest absolute Gasteiger partial charge is 0.117 e. The summed E-state index contributed by atoms with van der Waals surface area (Å²) in [6.45, 7) is 7.03. The number of nitrogens with one attached hydrogen (secondary N) is 1. The second-order valence-corrected chi connectivity index (χ2v) is 5.34. The van der Waals surface area contributed by atoms with Crippen LogP contribution in [0.3, 0.4) is 0 Å². The molecular weight excluding hydrogens is 214 g/mol. The monoisotopic (exact) mass is 233 g/mol. The normalized spacial score (nSPS) is 24.4. The number of hydrogen-bond acceptors (Lipinski definition) is 4. The lowest BCUT2D eigenvalue weighted by Gasteiger charge is -2.43.